The monoisotopic (exact) mass is 323 g/mol. The molecular formula is C19H17NO4. The molecule has 0 radical (unpaired) electrons. The van der Waals surface area contributed by atoms with Crippen LogP contribution in [0, 0.1) is 5.92 Å². The molecule has 5 nitrogen and oxygen atoms in total. The summed E-state index contributed by atoms with van der Waals surface area (Å²) in [4.78, 5) is 5.77. The molecule has 2 bridgehead atoms. The number of benzene rings is 2. The number of ether oxygens (including phenoxy) is 3. The lowest BCUT2D eigenvalue weighted by atomic mass is 9.77. The maximum atomic E-state index is 6.28. The van der Waals surface area contributed by atoms with Gasteiger partial charge in [-0.25, -0.2) is 0 Å². The Kier molecular flexibility index (Phi) is 2.88. The highest BCUT2D eigenvalue weighted by molar-refractivity contribution is 6.04. The van der Waals surface area contributed by atoms with Gasteiger partial charge in [-0.15, -0.1) is 0 Å². The first-order chi connectivity index (χ1) is 11.8. The van der Waals surface area contributed by atoms with E-state index < -0.39 is 0 Å². The molecule has 0 saturated carbocycles. The van der Waals surface area contributed by atoms with E-state index in [9.17, 15) is 0 Å². The first kappa shape index (κ1) is 13.9. The third kappa shape index (κ3) is 1.65. The third-order valence-electron chi connectivity index (χ3n) is 5.15. The summed E-state index contributed by atoms with van der Waals surface area (Å²) in [6.45, 7) is 0. The van der Waals surface area contributed by atoms with Crippen LogP contribution in [0.25, 0.3) is 0 Å². The van der Waals surface area contributed by atoms with Crippen molar-refractivity contribution in [2.24, 2.45) is 11.1 Å². The minimum absolute atomic E-state index is 0.0749. The highest BCUT2D eigenvalue weighted by atomic mass is 16.7. The highest BCUT2D eigenvalue weighted by Gasteiger charge is 2.60. The molecule has 0 amide bonds. The molecule has 0 spiro atoms. The van der Waals surface area contributed by atoms with Gasteiger partial charge in [0.1, 0.15) is 17.6 Å². The van der Waals surface area contributed by atoms with E-state index in [0.29, 0.717) is 0 Å². The molecule has 4 unspecified atom stereocenters. The second kappa shape index (κ2) is 4.98. The van der Waals surface area contributed by atoms with Gasteiger partial charge in [-0.05, 0) is 17.7 Å². The topological polar surface area (TPSA) is 49.3 Å². The van der Waals surface area contributed by atoms with Crippen molar-refractivity contribution in [1.82, 2.24) is 0 Å². The van der Waals surface area contributed by atoms with Gasteiger partial charge in [0, 0.05) is 11.1 Å². The molecule has 0 aromatic heterocycles. The number of oxime groups is 1. The lowest BCUT2D eigenvalue weighted by Crippen LogP contribution is -2.29. The van der Waals surface area contributed by atoms with Crippen LogP contribution in [0.1, 0.15) is 28.9 Å². The Balaban J connectivity index is 1.63. The van der Waals surface area contributed by atoms with E-state index in [0.717, 1.165) is 33.9 Å². The maximum absolute atomic E-state index is 6.28. The third-order valence-corrected chi connectivity index (χ3v) is 5.15. The Hall–Kier alpha value is -2.53. The maximum Gasteiger partial charge on any atom is 0.169 e. The summed E-state index contributed by atoms with van der Waals surface area (Å²) >= 11 is 0. The lowest BCUT2D eigenvalue weighted by molar-refractivity contribution is -0.00660. The fraction of sp³-hybridized carbons (Fsp3) is 0.316. The first-order valence-electron chi connectivity index (χ1n) is 8.03. The predicted molar refractivity (Wildman–Crippen MR) is 87.5 cm³/mol. The van der Waals surface area contributed by atoms with Gasteiger partial charge in [-0.3, -0.25) is 0 Å². The van der Waals surface area contributed by atoms with Gasteiger partial charge in [0.05, 0.1) is 32.0 Å². The molecule has 2 aromatic rings. The molecule has 24 heavy (non-hydrogen) atoms. The Morgan fingerprint density at radius 3 is 2.21 bits per heavy atom. The number of fused-ring (bicyclic) bond motifs is 8. The minimum Gasteiger partial charge on any atom is -0.496 e. The van der Waals surface area contributed by atoms with Gasteiger partial charge < -0.3 is 19.0 Å². The molecule has 0 aliphatic carbocycles. The Morgan fingerprint density at radius 2 is 1.54 bits per heavy atom. The molecule has 4 atom stereocenters. The van der Waals surface area contributed by atoms with Crippen molar-refractivity contribution in [3.05, 3.63) is 59.2 Å². The van der Waals surface area contributed by atoms with Crippen LogP contribution in [0.2, 0.25) is 0 Å². The molecule has 5 heteroatoms. The average molecular weight is 323 g/mol. The van der Waals surface area contributed by atoms with E-state index in [1.807, 2.05) is 30.3 Å². The van der Waals surface area contributed by atoms with Gasteiger partial charge in [0.15, 0.2) is 6.10 Å². The molecule has 0 N–H and O–H groups in total. The van der Waals surface area contributed by atoms with Gasteiger partial charge in [0.2, 0.25) is 0 Å². The summed E-state index contributed by atoms with van der Waals surface area (Å²) in [6, 6.07) is 14.0. The summed E-state index contributed by atoms with van der Waals surface area (Å²) in [5.74, 6) is 1.72. The quantitative estimate of drug-likeness (QED) is 0.870. The van der Waals surface area contributed by atoms with Crippen LogP contribution in [0.4, 0.5) is 0 Å². The Labute approximate surface area is 139 Å². The fourth-order valence-electron chi connectivity index (χ4n) is 4.15. The first-order valence-corrected chi connectivity index (χ1v) is 8.03. The minimum atomic E-state index is -0.176. The van der Waals surface area contributed by atoms with Crippen LogP contribution in [-0.4, -0.2) is 26.0 Å². The zero-order chi connectivity index (χ0) is 16.3. The summed E-state index contributed by atoms with van der Waals surface area (Å²) in [6.07, 6.45) is -0.412. The van der Waals surface area contributed by atoms with Gasteiger partial charge in [-0.2, -0.15) is 0 Å². The number of hydrogen-bond acceptors (Lipinski definition) is 5. The molecule has 122 valence electrons. The van der Waals surface area contributed by atoms with Crippen LogP contribution < -0.4 is 9.47 Å². The van der Waals surface area contributed by atoms with Crippen molar-refractivity contribution < 1.29 is 19.0 Å². The summed E-state index contributed by atoms with van der Waals surface area (Å²) in [5.41, 5.74) is 4.12. The van der Waals surface area contributed by atoms with Crippen molar-refractivity contribution in [2.75, 3.05) is 14.2 Å². The van der Waals surface area contributed by atoms with E-state index in [2.05, 4.69) is 17.3 Å². The van der Waals surface area contributed by atoms with Crippen LogP contribution in [0.15, 0.2) is 47.6 Å². The van der Waals surface area contributed by atoms with Crippen molar-refractivity contribution in [3.63, 3.8) is 0 Å². The molecule has 2 aromatic carbocycles. The van der Waals surface area contributed by atoms with Gasteiger partial charge in [0.25, 0.3) is 0 Å². The number of rotatable bonds is 3. The largest absolute Gasteiger partial charge is 0.496 e. The van der Waals surface area contributed by atoms with Crippen molar-refractivity contribution in [1.29, 1.82) is 0 Å². The lowest BCUT2D eigenvalue weighted by Gasteiger charge is -2.25. The van der Waals surface area contributed by atoms with E-state index in [-0.39, 0.29) is 24.2 Å². The second-order valence-electron chi connectivity index (χ2n) is 6.21. The molecule has 1 fully saturated rings. The average Bonchev–Trinajstić information content (AvgIpc) is 3.32. The summed E-state index contributed by atoms with van der Waals surface area (Å²) < 4.78 is 17.4. The van der Waals surface area contributed by atoms with Crippen molar-refractivity contribution >= 4 is 5.71 Å². The summed E-state index contributed by atoms with van der Waals surface area (Å²) in [7, 11) is 3.36. The zero-order valence-electron chi connectivity index (χ0n) is 13.4. The molecule has 3 heterocycles. The predicted octanol–water partition coefficient (Wildman–Crippen LogP) is 3.25. The van der Waals surface area contributed by atoms with Crippen LogP contribution >= 0.6 is 0 Å². The number of nitrogens with zero attached hydrogens (tertiary/aromatic N) is 1. The molecule has 3 aliphatic rings. The van der Waals surface area contributed by atoms with Crippen molar-refractivity contribution in [3.8, 4) is 11.5 Å². The molecule has 3 aliphatic heterocycles. The molecular weight excluding hydrogens is 306 g/mol. The second-order valence-corrected chi connectivity index (χ2v) is 6.21. The van der Waals surface area contributed by atoms with Gasteiger partial charge >= 0.3 is 0 Å². The van der Waals surface area contributed by atoms with E-state index in [4.69, 9.17) is 19.0 Å². The van der Waals surface area contributed by atoms with E-state index in [1.54, 1.807) is 14.2 Å². The normalized spacial score (nSPS) is 28.8. The summed E-state index contributed by atoms with van der Waals surface area (Å²) in [5, 5.41) is 4.38. The van der Waals surface area contributed by atoms with Crippen molar-refractivity contribution in [2.45, 2.75) is 18.3 Å². The number of methoxy groups -OCH3 is 2. The van der Waals surface area contributed by atoms with E-state index >= 15 is 0 Å². The van der Waals surface area contributed by atoms with Crippen LogP contribution in [-0.2, 0) is 9.57 Å². The molecule has 1 saturated heterocycles. The molecule has 5 rings (SSSR count). The highest BCUT2D eigenvalue weighted by Crippen LogP contribution is 2.62. The van der Waals surface area contributed by atoms with Gasteiger partial charge in [-0.1, -0.05) is 35.5 Å². The standard InChI is InChI=1S/C19H17NO4/c1-21-11-8-9-12(22-2)14-13(11)17-15-16(10-6-4-3-5-7-10)20-24-19(15)18(14)23-17/h3-9,15,17-19H,1-2H3. The van der Waals surface area contributed by atoms with Crippen LogP contribution in [0.3, 0.4) is 0 Å². The number of hydrogen-bond donors (Lipinski definition) is 0. The smallest absolute Gasteiger partial charge is 0.169 e. The SMILES string of the molecule is COc1ccc(OC)c2c1C1OC2C2C(c3ccccc3)=NOC12. The zero-order valence-corrected chi connectivity index (χ0v) is 13.4. The Bertz CT molecular complexity index is 833. The fourth-order valence-corrected chi connectivity index (χ4v) is 4.15. The Morgan fingerprint density at radius 1 is 0.875 bits per heavy atom. The van der Waals surface area contributed by atoms with Crippen LogP contribution in [0.5, 0.6) is 11.5 Å². The van der Waals surface area contributed by atoms with E-state index in [1.165, 1.54) is 0 Å².